The summed E-state index contributed by atoms with van der Waals surface area (Å²) in [4.78, 5) is 12.3. The van der Waals surface area contributed by atoms with E-state index in [9.17, 15) is 4.79 Å². The summed E-state index contributed by atoms with van der Waals surface area (Å²) in [6.07, 6.45) is 3.63. The summed E-state index contributed by atoms with van der Waals surface area (Å²) in [5.74, 6) is 0. The molecule has 0 aliphatic carbocycles. The quantitative estimate of drug-likeness (QED) is 0.702. The first-order valence-corrected chi connectivity index (χ1v) is 6.22. The van der Waals surface area contributed by atoms with E-state index in [2.05, 4.69) is 0 Å². The number of para-hydroxylation sites is 1. The van der Waals surface area contributed by atoms with Crippen molar-refractivity contribution in [2.24, 2.45) is 0 Å². The predicted octanol–water partition coefficient (Wildman–Crippen LogP) is 2.69. The van der Waals surface area contributed by atoms with E-state index in [-0.39, 0.29) is 5.69 Å². The Kier molecular flexibility index (Phi) is 3.02. The Hall–Kier alpha value is -2.55. The number of benzene rings is 2. The van der Waals surface area contributed by atoms with Crippen molar-refractivity contribution >= 4 is 0 Å². The molecular formula is C16H14N2O. The normalized spacial score (nSPS) is 10.5. The summed E-state index contributed by atoms with van der Waals surface area (Å²) >= 11 is 0. The minimum atomic E-state index is -0.0185. The zero-order chi connectivity index (χ0) is 13.1. The van der Waals surface area contributed by atoms with E-state index in [1.807, 2.05) is 66.9 Å². The van der Waals surface area contributed by atoms with Gasteiger partial charge in [-0.1, -0.05) is 48.5 Å². The number of hydrogen-bond donors (Lipinski definition) is 0. The third-order valence-electron chi connectivity index (χ3n) is 3.08. The number of aromatic nitrogens is 2. The van der Waals surface area contributed by atoms with Crippen molar-refractivity contribution in [2.75, 3.05) is 0 Å². The lowest BCUT2D eigenvalue weighted by molar-refractivity contribution is 0.742. The first kappa shape index (κ1) is 11.5. The Morgan fingerprint density at radius 2 is 1.42 bits per heavy atom. The molecule has 0 spiro atoms. The maximum absolute atomic E-state index is 12.3. The molecule has 0 saturated heterocycles. The zero-order valence-electron chi connectivity index (χ0n) is 10.4. The minimum Gasteiger partial charge on any atom is -0.294 e. The number of nitrogens with zero attached hydrogens (tertiary/aromatic N) is 2. The maximum atomic E-state index is 12.3. The zero-order valence-corrected chi connectivity index (χ0v) is 10.4. The highest BCUT2D eigenvalue weighted by molar-refractivity contribution is 5.31. The molecule has 1 aromatic heterocycles. The van der Waals surface area contributed by atoms with Gasteiger partial charge in [0.05, 0.1) is 12.2 Å². The smallest absolute Gasteiger partial charge is 0.294 e. The Morgan fingerprint density at radius 1 is 0.789 bits per heavy atom. The van der Waals surface area contributed by atoms with Gasteiger partial charge in [0.25, 0.3) is 0 Å². The van der Waals surface area contributed by atoms with E-state index in [0.717, 1.165) is 11.3 Å². The molecule has 0 N–H and O–H groups in total. The fourth-order valence-electron chi connectivity index (χ4n) is 2.10. The van der Waals surface area contributed by atoms with Crippen LogP contribution in [0.1, 0.15) is 5.56 Å². The SMILES string of the molecule is O=c1n(Cc2ccccc2)ccn1-c1ccccc1. The summed E-state index contributed by atoms with van der Waals surface area (Å²) in [6.45, 7) is 0.597. The van der Waals surface area contributed by atoms with E-state index in [4.69, 9.17) is 0 Å². The molecule has 3 aromatic rings. The van der Waals surface area contributed by atoms with Crippen molar-refractivity contribution in [1.29, 1.82) is 0 Å². The molecule has 94 valence electrons. The first-order valence-electron chi connectivity index (χ1n) is 6.22. The van der Waals surface area contributed by atoms with E-state index in [0.29, 0.717) is 6.54 Å². The summed E-state index contributed by atoms with van der Waals surface area (Å²) < 4.78 is 3.37. The second-order valence-corrected chi connectivity index (χ2v) is 4.40. The molecule has 19 heavy (non-hydrogen) atoms. The highest BCUT2D eigenvalue weighted by Crippen LogP contribution is 2.05. The Morgan fingerprint density at radius 3 is 2.11 bits per heavy atom. The van der Waals surface area contributed by atoms with Crippen LogP contribution in [0.2, 0.25) is 0 Å². The molecule has 0 radical (unpaired) electrons. The topological polar surface area (TPSA) is 26.9 Å². The summed E-state index contributed by atoms with van der Waals surface area (Å²) in [6, 6.07) is 19.6. The van der Waals surface area contributed by atoms with E-state index in [1.54, 1.807) is 15.3 Å². The minimum absolute atomic E-state index is 0.0185. The molecule has 0 unspecified atom stereocenters. The van der Waals surface area contributed by atoms with Crippen molar-refractivity contribution < 1.29 is 0 Å². The monoisotopic (exact) mass is 250 g/mol. The Labute approximate surface area is 111 Å². The van der Waals surface area contributed by atoms with Crippen molar-refractivity contribution in [3.8, 4) is 5.69 Å². The average molecular weight is 250 g/mol. The van der Waals surface area contributed by atoms with Crippen LogP contribution >= 0.6 is 0 Å². The molecule has 0 fully saturated rings. The van der Waals surface area contributed by atoms with Crippen molar-refractivity contribution in [2.45, 2.75) is 6.54 Å². The van der Waals surface area contributed by atoms with Crippen LogP contribution in [0.5, 0.6) is 0 Å². The molecule has 2 aromatic carbocycles. The number of rotatable bonds is 3. The second kappa shape index (κ2) is 4.98. The lowest BCUT2D eigenvalue weighted by Crippen LogP contribution is -2.23. The third-order valence-corrected chi connectivity index (χ3v) is 3.08. The van der Waals surface area contributed by atoms with Crippen LogP contribution in [0.3, 0.4) is 0 Å². The largest absolute Gasteiger partial charge is 0.333 e. The third kappa shape index (κ3) is 2.36. The van der Waals surface area contributed by atoms with Crippen molar-refractivity contribution in [1.82, 2.24) is 9.13 Å². The molecule has 0 bridgehead atoms. The van der Waals surface area contributed by atoms with Crippen molar-refractivity contribution in [3.63, 3.8) is 0 Å². The Bertz CT molecular complexity index is 711. The van der Waals surface area contributed by atoms with Gasteiger partial charge >= 0.3 is 5.69 Å². The maximum Gasteiger partial charge on any atom is 0.333 e. The lowest BCUT2D eigenvalue weighted by Gasteiger charge is -2.02. The standard InChI is InChI=1S/C16H14N2O/c19-16-17(13-14-7-3-1-4-8-14)11-12-18(16)15-9-5-2-6-10-15/h1-12H,13H2. The van der Waals surface area contributed by atoms with Crippen LogP contribution in [0.15, 0.2) is 77.9 Å². The van der Waals surface area contributed by atoms with Gasteiger partial charge in [-0.25, -0.2) is 4.79 Å². The molecular weight excluding hydrogens is 236 g/mol. The van der Waals surface area contributed by atoms with E-state index in [1.165, 1.54) is 0 Å². The van der Waals surface area contributed by atoms with Crippen LogP contribution in [-0.2, 0) is 6.54 Å². The lowest BCUT2D eigenvalue weighted by atomic mass is 10.2. The molecule has 1 heterocycles. The van der Waals surface area contributed by atoms with Gasteiger partial charge in [-0.15, -0.1) is 0 Å². The second-order valence-electron chi connectivity index (χ2n) is 4.40. The van der Waals surface area contributed by atoms with Gasteiger partial charge < -0.3 is 0 Å². The van der Waals surface area contributed by atoms with Gasteiger partial charge in [0.2, 0.25) is 0 Å². The Balaban J connectivity index is 1.94. The van der Waals surface area contributed by atoms with Crippen LogP contribution < -0.4 is 5.69 Å². The van der Waals surface area contributed by atoms with Crippen LogP contribution in [-0.4, -0.2) is 9.13 Å². The van der Waals surface area contributed by atoms with Gasteiger partial charge in [0.15, 0.2) is 0 Å². The first-order chi connectivity index (χ1) is 9.34. The highest BCUT2D eigenvalue weighted by Gasteiger charge is 2.05. The molecule has 3 nitrogen and oxygen atoms in total. The molecule has 0 aliphatic rings. The summed E-state index contributed by atoms with van der Waals surface area (Å²) in [5, 5.41) is 0. The van der Waals surface area contributed by atoms with Gasteiger partial charge in [-0.3, -0.25) is 9.13 Å². The van der Waals surface area contributed by atoms with Gasteiger partial charge in [0, 0.05) is 12.4 Å². The fourth-order valence-corrected chi connectivity index (χ4v) is 2.10. The van der Waals surface area contributed by atoms with Gasteiger partial charge in [0.1, 0.15) is 0 Å². The summed E-state index contributed by atoms with van der Waals surface area (Å²) in [7, 11) is 0. The summed E-state index contributed by atoms with van der Waals surface area (Å²) in [5.41, 5.74) is 1.99. The predicted molar refractivity (Wildman–Crippen MR) is 75.6 cm³/mol. The molecule has 0 amide bonds. The van der Waals surface area contributed by atoms with Crippen molar-refractivity contribution in [3.05, 3.63) is 89.1 Å². The molecule has 0 aliphatic heterocycles. The van der Waals surface area contributed by atoms with Gasteiger partial charge in [-0.05, 0) is 17.7 Å². The average Bonchev–Trinajstić information content (AvgIpc) is 2.82. The van der Waals surface area contributed by atoms with E-state index < -0.39 is 0 Å². The van der Waals surface area contributed by atoms with E-state index >= 15 is 0 Å². The van der Waals surface area contributed by atoms with Gasteiger partial charge in [-0.2, -0.15) is 0 Å². The molecule has 0 saturated carbocycles. The molecule has 3 heteroatoms. The number of hydrogen-bond acceptors (Lipinski definition) is 1. The van der Waals surface area contributed by atoms with Crippen LogP contribution in [0.25, 0.3) is 5.69 Å². The highest BCUT2D eigenvalue weighted by atomic mass is 16.1. The number of imidazole rings is 1. The van der Waals surface area contributed by atoms with Crippen LogP contribution in [0.4, 0.5) is 0 Å². The molecule has 0 atom stereocenters. The molecule has 3 rings (SSSR count). The van der Waals surface area contributed by atoms with Crippen LogP contribution in [0, 0.1) is 0 Å². The fraction of sp³-hybridized carbons (Fsp3) is 0.0625.